The minimum absolute atomic E-state index is 0.0930. The quantitative estimate of drug-likeness (QED) is 0.440. The molecule has 134 valence electrons. The van der Waals surface area contributed by atoms with E-state index in [1.54, 1.807) is 6.07 Å². The van der Waals surface area contributed by atoms with E-state index in [0.717, 1.165) is 33.1 Å². The monoisotopic (exact) mass is 358 g/mol. The molecule has 0 saturated heterocycles. The van der Waals surface area contributed by atoms with Gasteiger partial charge in [0.25, 0.3) is 11.8 Å². The van der Waals surface area contributed by atoms with Crippen molar-refractivity contribution in [3.8, 4) is 0 Å². The van der Waals surface area contributed by atoms with Gasteiger partial charge in [-0.05, 0) is 47.3 Å². The summed E-state index contributed by atoms with van der Waals surface area (Å²) in [4.78, 5) is 31.2. The maximum Gasteiger partial charge on any atom is 0.268 e. The molecule has 4 aromatic rings. The number of H-pyrrole nitrogens is 2. The Morgan fingerprint density at radius 3 is 2.89 bits per heavy atom. The van der Waals surface area contributed by atoms with E-state index >= 15 is 0 Å². The van der Waals surface area contributed by atoms with Crippen molar-refractivity contribution in [1.82, 2.24) is 15.3 Å². The van der Waals surface area contributed by atoms with E-state index in [0.29, 0.717) is 17.8 Å². The SMILES string of the molecule is CC1CNC(=O)c2[nH]c3ccc(C(=O)Nc4ccc5cc[nH]c5c4)cc3c21. The lowest BCUT2D eigenvalue weighted by molar-refractivity contribution is 0.0936. The molecular formula is C21H18N4O2. The summed E-state index contributed by atoms with van der Waals surface area (Å²) in [6, 6.07) is 13.2. The van der Waals surface area contributed by atoms with Crippen LogP contribution in [0.5, 0.6) is 0 Å². The van der Waals surface area contributed by atoms with Gasteiger partial charge in [-0.3, -0.25) is 9.59 Å². The van der Waals surface area contributed by atoms with Gasteiger partial charge in [0, 0.05) is 46.3 Å². The number of fused-ring (bicyclic) bond motifs is 4. The second-order valence-corrected chi connectivity index (χ2v) is 7.02. The number of benzene rings is 2. The van der Waals surface area contributed by atoms with Crippen molar-refractivity contribution in [3.05, 3.63) is 65.5 Å². The van der Waals surface area contributed by atoms with Gasteiger partial charge in [-0.1, -0.05) is 13.0 Å². The predicted octanol–water partition coefficient (Wildman–Crippen LogP) is 3.75. The number of carbonyl (C=O) groups is 2. The number of nitrogens with one attached hydrogen (secondary N) is 4. The maximum atomic E-state index is 12.8. The lowest BCUT2D eigenvalue weighted by Crippen LogP contribution is -2.33. The van der Waals surface area contributed by atoms with Crippen LogP contribution in [-0.2, 0) is 0 Å². The van der Waals surface area contributed by atoms with Crippen molar-refractivity contribution in [2.45, 2.75) is 12.8 Å². The van der Waals surface area contributed by atoms with Crippen molar-refractivity contribution in [3.63, 3.8) is 0 Å². The summed E-state index contributed by atoms with van der Waals surface area (Å²) in [5.41, 5.74) is 4.72. The zero-order valence-electron chi connectivity index (χ0n) is 14.7. The Morgan fingerprint density at radius 2 is 2.00 bits per heavy atom. The van der Waals surface area contributed by atoms with Crippen LogP contribution < -0.4 is 10.6 Å². The van der Waals surface area contributed by atoms with E-state index in [1.165, 1.54) is 0 Å². The molecule has 1 atom stereocenters. The van der Waals surface area contributed by atoms with Crippen LogP contribution in [0.1, 0.15) is 39.3 Å². The lowest BCUT2D eigenvalue weighted by Gasteiger charge is -2.19. The molecule has 2 aromatic heterocycles. The zero-order valence-corrected chi connectivity index (χ0v) is 14.7. The molecule has 1 aliphatic heterocycles. The molecule has 5 rings (SSSR count). The largest absolute Gasteiger partial charge is 0.361 e. The Morgan fingerprint density at radius 1 is 1.11 bits per heavy atom. The fourth-order valence-corrected chi connectivity index (χ4v) is 3.81. The van der Waals surface area contributed by atoms with Crippen LogP contribution in [0.4, 0.5) is 5.69 Å². The first-order valence-electron chi connectivity index (χ1n) is 8.92. The van der Waals surface area contributed by atoms with Crippen LogP contribution in [-0.4, -0.2) is 28.3 Å². The first-order valence-corrected chi connectivity index (χ1v) is 8.92. The number of hydrogen-bond acceptors (Lipinski definition) is 2. The Kier molecular flexibility index (Phi) is 3.33. The number of aromatic nitrogens is 2. The van der Waals surface area contributed by atoms with Gasteiger partial charge in [0.2, 0.25) is 0 Å². The molecule has 3 heterocycles. The third-order valence-corrected chi connectivity index (χ3v) is 5.20. The van der Waals surface area contributed by atoms with Crippen LogP contribution in [0, 0.1) is 0 Å². The first-order chi connectivity index (χ1) is 13.1. The molecule has 4 N–H and O–H groups in total. The number of carbonyl (C=O) groups excluding carboxylic acids is 2. The summed E-state index contributed by atoms with van der Waals surface area (Å²) in [5, 5.41) is 7.86. The fourth-order valence-electron chi connectivity index (χ4n) is 3.81. The van der Waals surface area contributed by atoms with Gasteiger partial charge in [0.1, 0.15) is 5.69 Å². The zero-order chi connectivity index (χ0) is 18.5. The standard InChI is InChI=1S/C21H18N4O2/c1-11-10-23-21(27)19-18(11)15-8-13(3-5-16(15)25-19)20(26)24-14-4-2-12-6-7-22-17(12)9-14/h2-9,11,22,25H,10H2,1H3,(H,23,27)(H,24,26). The van der Waals surface area contributed by atoms with Crippen molar-refractivity contribution in [2.75, 3.05) is 11.9 Å². The summed E-state index contributed by atoms with van der Waals surface area (Å²) in [5.74, 6) is -0.0738. The highest BCUT2D eigenvalue weighted by atomic mass is 16.2. The summed E-state index contributed by atoms with van der Waals surface area (Å²) in [7, 11) is 0. The Bertz CT molecular complexity index is 1220. The maximum absolute atomic E-state index is 12.8. The Balaban J connectivity index is 1.51. The third kappa shape index (κ3) is 2.49. The van der Waals surface area contributed by atoms with E-state index in [9.17, 15) is 9.59 Å². The first kappa shape index (κ1) is 15.7. The topological polar surface area (TPSA) is 89.8 Å². The van der Waals surface area contributed by atoms with Gasteiger partial charge in [0.05, 0.1) is 0 Å². The summed E-state index contributed by atoms with van der Waals surface area (Å²) in [6.07, 6.45) is 1.87. The molecule has 0 saturated carbocycles. The summed E-state index contributed by atoms with van der Waals surface area (Å²) in [6.45, 7) is 2.68. The Labute approximate surface area is 155 Å². The van der Waals surface area contributed by atoms with Crippen molar-refractivity contribution < 1.29 is 9.59 Å². The van der Waals surface area contributed by atoms with Crippen molar-refractivity contribution in [1.29, 1.82) is 0 Å². The average Bonchev–Trinajstić information content (AvgIpc) is 3.28. The molecule has 27 heavy (non-hydrogen) atoms. The molecule has 1 unspecified atom stereocenters. The van der Waals surface area contributed by atoms with Gasteiger partial charge in [-0.25, -0.2) is 0 Å². The normalized spacial score (nSPS) is 16.3. The van der Waals surface area contributed by atoms with Crippen LogP contribution in [0.3, 0.4) is 0 Å². The second-order valence-electron chi connectivity index (χ2n) is 7.02. The molecule has 0 aliphatic carbocycles. The molecule has 0 bridgehead atoms. The van der Waals surface area contributed by atoms with Crippen LogP contribution >= 0.6 is 0 Å². The summed E-state index contributed by atoms with van der Waals surface area (Å²) >= 11 is 0. The minimum Gasteiger partial charge on any atom is -0.361 e. The van der Waals surface area contributed by atoms with E-state index in [2.05, 4.69) is 27.5 Å². The van der Waals surface area contributed by atoms with Crippen LogP contribution in [0.25, 0.3) is 21.8 Å². The predicted molar refractivity (Wildman–Crippen MR) is 105 cm³/mol. The fraction of sp³-hybridized carbons (Fsp3) is 0.143. The van der Waals surface area contributed by atoms with Crippen LogP contribution in [0.15, 0.2) is 48.7 Å². The number of aromatic amines is 2. The van der Waals surface area contributed by atoms with Gasteiger partial charge < -0.3 is 20.6 Å². The van der Waals surface area contributed by atoms with Gasteiger partial charge in [0.15, 0.2) is 0 Å². The van der Waals surface area contributed by atoms with Gasteiger partial charge in [-0.2, -0.15) is 0 Å². The van der Waals surface area contributed by atoms with E-state index in [-0.39, 0.29) is 17.7 Å². The van der Waals surface area contributed by atoms with Gasteiger partial charge >= 0.3 is 0 Å². The van der Waals surface area contributed by atoms with E-state index in [1.807, 2.05) is 42.6 Å². The number of anilines is 1. The molecular weight excluding hydrogens is 340 g/mol. The molecule has 2 aromatic carbocycles. The van der Waals surface area contributed by atoms with E-state index in [4.69, 9.17) is 0 Å². The van der Waals surface area contributed by atoms with Crippen molar-refractivity contribution in [2.24, 2.45) is 0 Å². The summed E-state index contributed by atoms with van der Waals surface area (Å²) < 4.78 is 0. The molecule has 0 spiro atoms. The minimum atomic E-state index is -0.175. The third-order valence-electron chi connectivity index (χ3n) is 5.20. The number of hydrogen-bond donors (Lipinski definition) is 4. The molecule has 0 fully saturated rings. The molecule has 6 nitrogen and oxygen atoms in total. The highest BCUT2D eigenvalue weighted by molar-refractivity contribution is 6.09. The second kappa shape index (κ2) is 5.74. The number of amides is 2. The Hall–Kier alpha value is -3.54. The molecule has 6 heteroatoms. The lowest BCUT2D eigenvalue weighted by atomic mass is 9.93. The van der Waals surface area contributed by atoms with E-state index < -0.39 is 0 Å². The van der Waals surface area contributed by atoms with Crippen LogP contribution in [0.2, 0.25) is 0 Å². The highest BCUT2D eigenvalue weighted by Gasteiger charge is 2.27. The number of rotatable bonds is 2. The van der Waals surface area contributed by atoms with Gasteiger partial charge in [-0.15, -0.1) is 0 Å². The van der Waals surface area contributed by atoms with Crippen molar-refractivity contribution >= 4 is 39.3 Å². The average molecular weight is 358 g/mol. The molecule has 0 radical (unpaired) electrons. The molecule has 1 aliphatic rings. The highest BCUT2D eigenvalue weighted by Crippen LogP contribution is 2.32. The smallest absolute Gasteiger partial charge is 0.268 e. The molecule has 2 amide bonds.